The number of carbonyl (C=O) groups is 2. The summed E-state index contributed by atoms with van der Waals surface area (Å²) >= 11 is 0. The molecule has 0 aliphatic carbocycles. The molecule has 0 aromatic heterocycles. The van der Waals surface area contributed by atoms with Gasteiger partial charge in [-0.15, -0.1) is 0 Å². The lowest BCUT2D eigenvalue weighted by atomic mass is 10.0. The van der Waals surface area contributed by atoms with Crippen LogP contribution in [-0.2, 0) is 14.3 Å². The fourth-order valence-corrected chi connectivity index (χ4v) is 9.26. The van der Waals surface area contributed by atoms with Gasteiger partial charge in [-0.05, 0) is 89.9 Å². The van der Waals surface area contributed by atoms with Gasteiger partial charge in [0, 0.05) is 6.42 Å². The molecule has 6 heteroatoms. The maximum absolute atomic E-state index is 13.3. The second kappa shape index (κ2) is 56.7. The van der Waals surface area contributed by atoms with Crippen LogP contribution >= 0.6 is 0 Å². The van der Waals surface area contributed by atoms with Crippen LogP contribution in [-0.4, -0.2) is 46.9 Å². The maximum atomic E-state index is 13.3. The normalized spacial score (nSPS) is 13.4. The zero-order valence-corrected chi connectivity index (χ0v) is 46.2. The van der Waals surface area contributed by atoms with E-state index in [0.29, 0.717) is 19.3 Å². The lowest BCUT2D eigenvalue weighted by molar-refractivity contribution is -0.151. The first-order valence-electron chi connectivity index (χ1n) is 30.4. The van der Waals surface area contributed by atoms with E-state index in [1.807, 2.05) is 0 Å². The Morgan fingerprint density at radius 1 is 0.420 bits per heavy atom. The van der Waals surface area contributed by atoms with Gasteiger partial charge in [0.15, 0.2) is 0 Å². The summed E-state index contributed by atoms with van der Waals surface area (Å²) in [4.78, 5) is 26.3. The smallest absolute Gasteiger partial charge is 0.306 e. The van der Waals surface area contributed by atoms with Crippen molar-refractivity contribution in [3.63, 3.8) is 0 Å². The van der Waals surface area contributed by atoms with Crippen molar-refractivity contribution in [2.45, 2.75) is 334 Å². The molecule has 0 aliphatic rings. The van der Waals surface area contributed by atoms with Crippen molar-refractivity contribution in [1.29, 1.82) is 0 Å². The Morgan fingerprint density at radius 3 is 1.16 bits per heavy atom. The van der Waals surface area contributed by atoms with Gasteiger partial charge >= 0.3 is 5.97 Å². The number of hydrogen-bond donors (Lipinski definition) is 3. The summed E-state index contributed by atoms with van der Waals surface area (Å²) in [6, 6.07) is -0.711. The molecular formula is C63H117NO5. The predicted octanol–water partition coefficient (Wildman–Crippen LogP) is 19.0. The van der Waals surface area contributed by atoms with E-state index < -0.39 is 18.2 Å². The molecule has 0 aromatic carbocycles. The molecule has 0 aliphatic heterocycles. The second-order valence-electron chi connectivity index (χ2n) is 20.7. The Labute approximate surface area is 429 Å². The SMILES string of the molecule is CCCCC/C=C\C/C=C\C/C=C\CCCCCCC(CC(=O)NC(CO)C(O)CCCCCCCCCCCCCCCCCC)OC(=O)CCCCCCCCC/C=C/CCCCCCCC. The molecule has 3 unspecified atom stereocenters. The number of aliphatic hydroxyl groups excluding tert-OH is 2. The summed E-state index contributed by atoms with van der Waals surface area (Å²) in [7, 11) is 0. The molecule has 1 amide bonds. The van der Waals surface area contributed by atoms with Crippen molar-refractivity contribution >= 4 is 11.9 Å². The van der Waals surface area contributed by atoms with E-state index in [1.54, 1.807) is 0 Å². The predicted molar refractivity (Wildman–Crippen MR) is 301 cm³/mol. The summed E-state index contributed by atoms with van der Waals surface area (Å²) in [5.74, 6) is -0.488. The second-order valence-corrected chi connectivity index (χ2v) is 20.7. The summed E-state index contributed by atoms with van der Waals surface area (Å²) in [6.45, 7) is 6.48. The van der Waals surface area contributed by atoms with Crippen LogP contribution < -0.4 is 5.32 Å². The summed E-state index contributed by atoms with van der Waals surface area (Å²) in [5, 5.41) is 23.9. The number of rotatable bonds is 55. The lowest BCUT2D eigenvalue weighted by Crippen LogP contribution is -2.46. The number of aliphatic hydroxyl groups is 2. The molecule has 3 N–H and O–H groups in total. The molecule has 69 heavy (non-hydrogen) atoms. The molecule has 0 aromatic rings. The Hall–Kier alpha value is -2.18. The van der Waals surface area contributed by atoms with Crippen molar-refractivity contribution in [2.24, 2.45) is 0 Å². The van der Waals surface area contributed by atoms with Gasteiger partial charge in [-0.1, -0.05) is 262 Å². The topological polar surface area (TPSA) is 95.9 Å². The molecule has 0 heterocycles. The fraction of sp³-hybridized carbons (Fsp3) is 0.841. The minimum Gasteiger partial charge on any atom is -0.462 e. The number of amides is 1. The highest BCUT2D eigenvalue weighted by Gasteiger charge is 2.24. The van der Waals surface area contributed by atoms with Gasteiger partial charge in [0.25, 0.3) is 0 Å². The van der Waals surface area contributed by atoms with Crippen LogP contribution in [0, 0.1) is 0 Å². The highest BCUT2D eigenvalue weighted by molar-refractivity contribution is 5.77. The number of nitrogens with one attached hydrogen (secondary N) is 1. The van der Waals surface area contributed by atoms with Crippen LogP contribution in [0.2, 0.25) is 0 Å². The third-order valence-corrected chi connectivity index (χ3v) is 13.9. The summed E-state index contributed by atoms with van der Waals surface area (Å²) < 4.78 is 5.97. The molecule has 0 radical (unpaired) electrons. The Balaban J connectivity index is 4.58. The van der Waals surface area contributed by atoms with Crippen LogP contribution in [0.3, 0.4) is 0 Å². The van der Waals surface area contributed by atoms with Crippen molar-refractivity contribution in [2.75, 3.05) is 6.61 Å². The number of ether oxygens (including phenoxy) is 1. The third kappa shape index (κ3) is 52.0. The Kier molecular flexibility index (Phi) is 54.9. The van der Waals surface area contributed by atoms with Gasteiger partial charge in [0.05, 0.1) is 25.2 Å². The average molecular weight is 969 g/mol. The zero-order valence-electron chi connectivity index (χ0n) is 46.2. The monoisotopic (exact) mass is 968 g/mol. The highest BCUT2D eigenvalue weighted by atomic mass is 16.5. The van der Waals surface area contributed by atoms with Crippen LogP contribution in [0.4, 0.5) is 0 Å². The third-order valence-electron chi connectivity index (χ3n) is 13.9. The molecule has 404 valence electrons. The summed E-state index contributed by atoms with van der Waals surface area (Å²) in [6.07, 6.45) is 70.3. The standard InChI is InChI=1S/C63H117NO5/c1-4-7-10-13-16-19-22-25-28-31-33-36-39-42-45-48-51-54-59(69-63(68)56-53-50-47-44-41-38-35-32-29-26-23-20-17-14-11-8-5-2)57-62(67)64-60(58-65)61(66)55-52-49-46-43-40-37-34-30-27-24-21-18-15-12-9-6-3/h16,19,25-26,28-29,33,36,59-61,65-66H,4-15,17-18,20-24,27,30-32,34-35,37-58H2,1-3H3,(H,64,67)/b19-16-,28-25-,29-26+,36-33-. The number of allylic oxidation sites excluding steroid dienone is 8. The summed E-state index contributed by atoms with van der Waals surface area (Å²) in [5.41, 5.74) is 0. The largest absolute Gasteiger partial charge is 0.462 e. The molecule has 0 bridgehead atoms. The van der Waals surface area contributed by atoms with Gasteiger partial charge < -0.3 is 20.3 Å². The first-order valence-corrected chi connectivity index (χ1v) is 30.4. The van der Waals surface area contributed by atoms with E-state index in [1.165, 1.54) is 186 Å². The van der Waals surface area contributed by atoms with E-state index in [2.05, 4.69) is 74.7 Å². The van der Waals surface area contributed by atoms with Gasteiger partial charge in [0.1, 0.15) is 6.10 Å². The number of unbranched alkanes of at least 4 members (excludes halogenated alkanes) is 35. The number of carbonyl (C=O) groups excluding carboxylic acids is 2. The van der Waals surface area contributed by atoms with Crippen LogP contribution in [0.15, 0.2) is 48.6 Å². The highest BCUT2D eigenvalue weighted by Crippen LogP contribution is 2.18. The van der Waals surface area contributed by atoms with Crippen LogP contribution in [0.25, 0.3) is 0 Å². The van der Waals surface area contributed by atoms with E-state index in [0.717, 1.165) is 83.5 Å². The molecule has 0 fully saturated rings. The maximum Gasteiger partial charge on any atom is 0.306 e. The number of hydrogen-bond acceptors (Lipinski definition) is 5. The van der Waals surface area contributed by atoms with E-state index in [4.69, 9.17) is 4.74 Å². The molecule has 0 saturated heterocycles. The molecule has 6 nitrogen and oxygen atoms in total. The van der Waals surface area contributed by atoms with Gasteiger partial charge in [-0.3, -0.25) is 9.59 Å². The van der Waals surface area contributed by atoms with Crippen molar-refractivity contribution < 1.29 is 24.5 Å². The van der Waals surface area contributed by atoms with Crippen LogP contribution in [0.1, 0.15) is 316 Å². The Bertz CT molecular complexity index is 1180. The van der Waals surface area contributed by atoms with Crippen molar-refractivity contribution in [3.05, 3.63) is 48.6 Å². The van der Waals surface area contributed by atoms with Crippen molar-refractivity contribution in [3.8, 4) is 0 Å². The molecular weight excluding hydrogens is 851 g/mol. The molecule has 0 spiro atoms. The zero-order chi connectivity index (χ0) is 50.2. The van der Waals surface area contributed by atoms with Gasteiger partial charge in [-0.2, -0.15) is 0 Å². The first-order chi connectivity index (χ1) is 34.0. The molecule has 0 rings (SSSR count). The van der Waals surface area contributed by atoms with Crippen molar-refractivity contribution in [1.82, 2.24) is 5.32 Å². The van der Waals surface area contributed by atoms with Crippen LogP contribution in [0.5, 0.6) is 0 Å². The minimum absolute atomic E-state index is 0.0626. The van der Waals surface area contributed by atoms with E-state index in [9.17, 15) is 19.8 Å². The van der Waals surface area contributed by atoms with E-state index in [-0.39, 0.29) is 24.9 Å². The average Bonchev–Trinajstić information content (AvgIpc) is 3.34. The lowest BCUT2D eigenvalue weighted by Gasteiger charge is -2.24. The number of esters is 1. The molecule has 0 saturated carbocycles. The first kappa shape index (κ1) is 66.8. The quantitative estimate of drug-likeness (QED) is 0.0321. The van der Waals surface area contributed by atoms with Gasteiger partial charge in [-0.25, -0.2) is 0 Å². The minimum atomic E-state index is -0.796. The Morgan fingerprint density at radius 2 is 0.739 bits per heavy atom. The fourth-order valence-electron chi connectivity index (χ4n) is 9.26. The van der Waals surface area contributed by atoms with Gasteiger partial charge in [0.2, 0.25) is 5.91 Å². The molecule has 3 atom stereocenters. The van der Waals surface area contributed by atoms with E-state index >= 15 is 0 Å².